The maximum atomic E-state index is 5.97. The third-order valence-corrected chi connectivity index (χ3v) is 4.43. The van der Waals surface area contributed by atoms with Crippen molar-refractivity contribution in [2.45, 2.75) is 51.0 Å². The molecule has 1 fully saturated rings. The fraction of sp³-hybridized carbons (Fsp3) is 0.714. The van der Waals surface area contributed by atoms with Gasteiger partial charge in [0, 0.05) is 17.8 Å². The van der Waals surface area contributed by atoms with Crippen LogP contribution in [0.15, 0.2) is 6.33 Å². The Labute approximate surface area is 108 Å². The monoisotopic (exact) mass is 246 g/mol. The van der Waals surface area contributed by atoms with Gasteiger partial charge in [-0.15, -0.1) is 0 Å². The second kappa shape index (κ2) is 4.50. The van der Waals surface area contributed by atoms with E-state index in [1.165, 1.54) is 36.9 Å². The molecule has 2 aliphatic carbocycles. The number of rotatable bonds is 4. The van der Waals surface area contributed by atoms with Crippen molar-refractivity contribution < 1.29 is 0 Å². The average Bonchev–Trinajstić information content (AvgIpc) is 3.24. The van der Waals surface area contributed by atoms with Gasteiger partial charge >= 0.3 is 0 Å². The summed E-state index contributed by atoms with van der Waals surface area (Å²) in [5.74, 6) is 1.73. The molecule has 18 heavy (non-hydrogen) atoms. The lowest BCUT2D eigenvalue weighted by Gasteiger charge is -2.32. The number of aromatic nitrogens is 2. The predicted octanol–water partition coefficient (Wildman–Crippen LogP) is 1.89. The molecule has 0 aliphatic heterocycles. The molecule has 0 bridgehead atoms. The number of hydrogen-bond donors (Lipinski definition) is 2. The van der Waals surface area contributed by atoms with Crippen LogP contribution in [0.1, 0.15) is 43.9 Å². The lowest BCUT2D eigenvalue weighted by molar-refractivity contribution is 0.456. The van der Waals surface area contributed by atoms with Gasteiger partial charge in [-0.3, -0.25) is 0 Å². The second-order valence-electron chi connectivity index (χ2n) is 5.88. The number of anilines is 1. The highest BCUT2D eigenvalue weighted by Crippen LogP contribution is 2.41. The van der Waals surface area contributed by atoms with Crippen LogP contribution in [0.2, 0.25) is 0 Å². The molecule has 0 aromatic carbocycles. The molecule has 0 saturated heterocycles. The molecule has 1 aromatic heterocycles. The predicted molar refractivity (Wildman–Crippen MR) is 72.5 cm³/mol. The number of nitrogens with zero attached hydrogens (tertiary/aromatic N) is 2. The molecule has 1 unspecified atom stereocenters. The minimum absolute atomic E-state index is 0.000426. The first-order chi connectivity index (χ1) is 8.73. The van der Waals surface area contributed by atoms with E-state index in [0.29, 0.717) is 12.5 Å². The highest BCUT2D eigenvalue weighted by molar-refractivity contribution is 5.49. The molecule has 0 amide bonds. The van der Waals surface area contributed by atoms with Crippen LogP contribution < -0.4 is 11.1 Å². The molecule has 1 aromatic rings. The van der Waals surface area contributed by atoms with E-state index < -0.39 is 0 Å². The zero-order valence-electron chi connectivity index (χ0n) is 11.1. The minimum Gasteiger partial charge on any atom is -0.363 e. The molecule has 4 heteroatoms. The van der Waals surface area contributed by atoms with E-state index in [9.17, 15) is 0 Å². The van der Waals surface area contributed by atoms with Gasteiger partial charge < -0.3 is 11.1 Å². The quantitative estimate of drug-likeness (QED) is 0.851. The molecular formula is C14H22N4. The molecule has 0 radical (unpaired) electrons. The van der Waals surface area contributed by atoms with E-state index in [1.54, 1.807) is 6.33 Å². The normalized spacial score (nSPS) is 22.1. The summed E-state index contributed by atoms with van der Waals surface area (Å²) in [5, 5.41) is 3.62. The summed E-state index contributed by atoms with van der Waals surface area (Å²) in [6, 6.07) is 0. The third-order valence-electron chi connectivity index (χ3n) is 4.43. The summed E-state index contributed by atoms with van der Waals surface area (Å²) in [7, 11) is 0. The minimum atomic E-state index is -0.000426. The Morgan fingerprint density at radius 2 is 2.11 bits per heavy atom. The maximum Gasteiger partial charge on any atom is 0.133 e. The zero-order chi connectivity index (χ0) is 12.6. The fourth-order valence-corrected chi connectivity index (χ4v) is 2.94. The van der Waals surface area contributed by atoms with Crippen LogP contribution in [-0.4, -0.2) is 22.1 Å². The van der Waals surface area contributed by atoms with Gasteiger partial charge in [-0.05, 0) is 51.4 Å². The largest absolute Gasteiger partial charge is 0.363 e. The van der Waals surface area contributed by atoms with Gasteiger partial charge in [0.2, 0.25) is 0 Å². The molecular weight excluding hydrogens is 224 g/mol. The van der Waals surface area contributed by atoms with Crippen molar-refractivity contribution in [1.82, 2.24) is 9.97 Å². The van der Waals surface area contributed by atoms with Gasteiger partial charge in [0.25, 0.3) is 0 Å². The first-order valence-corrected chi connectivity index (χ1v) is 7.04. The summed E-state index contributed by atoms with van der Waals surface area (Å²) < 4.78 is 0. The summed E-state index contributed by atoms with van der Waals surface area (Å²) in [5.41, 5.74) is 8.52. The zero-order valence-corrected chi connectivity index (χ0v) is 11.1. The van der Waals surface area contributed by atoms with Crippen LogP contribution in [0.3, 0.4) is 0 Å². The Balaban J connectivity index is 1.88. The highest BCUT2D eigenvalue weighted by atomic mass is 15.1. The smallest absolute Gasteiger partial charge is 0.133 e. The van der Waals surface area contributed by atoms with Crippen molar-refractivity contribution >= 4 is 5.82 Å². The maximum absolute atomic E-state index is 5.97. The van der Waals surface area contributed by atoms with Crippen LogP contribution >= 0.6 is 0 Å². The van der Waals surface area contributed by atoms with E-state index in [4.69, 9.17) is 5.73 Å². The Kier molecular flexibility index (Phi) is 2.98. The fourth-order valence-electron chi connectivity index (χ4n) is 2.94. The Morgan fingerprint density at radius 3 is 2.83 bits per heavy atom. The van der Waals surface area contributed by atoms with E-state index >= 15 is 0 Å². The molecule has 2 aliphatic rings. The first kappa shape index (κ1) is 11.9. The number of nitrogens with one attached hydrogen (secondary N) is 1. The van der Waals surface area contributed by atoms with Crippen molar-refractivity contribution in [3.8, 4) is 0 Å². The van der Waals surface area contributed by atoms with Gasteiger partial charge in [0.15, 0.2) is 0 Å². The Hall–Kier alpha value is -1.16. The summed E-state index contributed by atoms with van der Waals surface area (Å²) in [4.78, 5) is 8.87. The number of hydrogen-bond acceptors (Lipinski definition) is 4. The number of aryl methyl sites for hydroxylation is 1. The molecule has 98 valence electrons. The molecule has 4 nitrogen and oxygen atoms in total. The van der Waals surface area contributed by atoms with Crippen molar-refractivity contribution in [3.05, 3.63) is 17.6 Å². The average molecular weight is 246 g/mol. The van der Waals surface area contributed by atoms with Crippen LogP contribution in [0.4, 0.5) is 5.82 Å². The lowest BCUT2D eigenvalue weighted by Crippen LogP contribution is -2.45. The van der Waals surface area contributed by atoms with E-state index in [-0.39, 0.29) is 5.54 Å². The summed E-state index contributed by atoms with van der Waals surface area (Å²) in [6.07, 6.45) is 8.95. The van der Waals surface area contributed by atoms with Crippen LogP contribution in [0, 0.1) is 5.92 Å². The Bertz CT molecular complexity index is 441. The molecule has 1 atom stereocenters. The topological polar surface area (TPSA) is 63.8 Å². The standard InChI is InChI=1S/C14H22N4/c1-14(8-15,10-6-7-10)18-13-11-4-2-3-5-12(11)16-9-17-13/h9-10H,2-8,15H2,1H3,(H,16,17,18). The highest BCUT2D eigenvalue weighted by Gasteiger charge is 2.41. The van der Waals surface area contributed by atoms with Gasteiger partial charge in [-0.1, -0.05) is 0 Å². The lowest BCUT2D eigenvalue weighted by atomic mass is 9.93. The third kappa shape index (κ3) is 2.09. The van der Waals surface area contributed by atoms with E-state index in [1.807, 2.05) is 0 Å². The number of fused-ring (bicyclic) bond motifs is 1. The van der Waals surface area contributed by atoms with E-state index in [0.717, 1.165) is 18.7 Å². The summed E-state index contributed by atoms with van der Waals surface area (Å²) in [6.45, 7) is 2.89. The van der Waals surface area contributed by atoms with Crippen molar-refractivity contribution in [3.63, 3.8) is 0 Å². The van der Waals surface area contributed by atoms with Crippen LogP contribution in [-0.2, 0) is 12.8 Å². The number of nitrogens with two attached hydrogens (primary N) is 1. The summed E-state index contributed by atoms with van der Waals surface area (Å²) >= 11 is 0. The SMILES string of the molecule is CC(CN)(Nc1ncnc2c1CCCC2)C1CC1. The van der Waals surface area contributed by atoms with Gasteiger partial charge in [0.05, 0.1) is 5.54 Å². The van der Waals surface area contributed by atoms with Crippen molar-refractivity contribution in [2.75, 3.05) is 11.9 Å². The first-order valence-electron chi connectivity index (χ1n) is 7.04. The van der Waals surface area contributed by atoms with Crippen LogP contribution in [0.5, 0.6) is 0 Å². The van der Waals surface area contributed by atoms with Crippen LogP contribution in [0.25, 0.3) is 0 Å². The van der Waals surface area contributed by atoms with Gasteiger partial charge in [-0.2, -0.15) is 0 Å². The Morgan fingerprint density at radius 1 is 1.33 bits per heavy atom. The van der Waals surface area contributed by atoms with Crippen molar-refractivity contribution in [1.29, 1.82) is 0 Å². The molecule has 1 saturated carbocycles. The van der Waals surface area contributed by atoms with Gasteiger partial charge in [-0.25, -0.2) is 9.97 Å². The molecule has 3 rings (SSSR count). The molecule has 3 N–H and O–H groups in total. The molecule has 0 spiro atoms. The van der Waals surface area contributed by atoms with E-state index in [2.05, 4.69) is 22.2 Å². The van der Waals surface area contributed by atoms with Crippen molar-refractivity contribution in [2.24, 2.45) is 11.7 Å². The van der Waals surface area contributed by atoms with Gasteiger partial charge in [0.1, 0.15) is 12.1 Å². The molecule has 1 heterocycles. The second-order valence-corrected chi connectivity index (χ2v) is 5.88.